The maximum Gasteiger partial charge on any atom is 0.221 e. The molecule has 2 aromatic heterocycles. The van der Waals surface area contributed by atoms with E-state index in [1.807, 2.05) is 18.4 Å². The van der Waals surface area contributed by atoms with E-state index in [2.05, 4.69) is 20.6 Å². The number of carbonyl (C=O) groups excluding carboxylic acids is 1. The molecule has 2 heterocycles. The van der Waals surface area contributed by atoms with Crippen molar-refractivity contribution in [3.05, 3.63) is 40.1 Å². The van der Waals surface area contributed by atoms with Crippen LogP contribution in [0.5, 0.6) is 0 Å². The van der Waals surface area contributed by atoms with Crippen LogP contribution >= 0.6 is 11.3 Å². The molecule has 5 nitrogen and oxygen atoms in total. The summed E-state index contributed by atoms with van der Waals surface area (Å²) in [5.41, 5.74) is 2.69. The molecule has 2 rings (SSSR count). The lowest BCUT2D eigenvalue weighted by molar-refractivity contribution is -0.114. The molecule has 2 aromatic rings. The maximum atomic E-state index is 11.0. The zero-order chi connectivity index (χ0) is 13.7. The Hall–Kier alpha value is -1.79. The van der Waals surface area contributed by atoms with Gasteiger partial charge < -0.3 is 10.6 Å². The van der Waals surface area contributed by atoms with Crippen molar-refractivity contribution in [3.8, 4) is 0 Å². The molecule has 19 heavy (non-hydrogen) atoms. The number of hydrogen-bond donors (Lipinski definition) is 2. The smallest absolute Gasteiger partial charge is 0.221 e. The first-order valence-corrected chi connectivity index (χ1v) is 6.85. The van der Waals surface area contributed by atoms with Crippen LogP contribution < -0.4 is 10.6 Å². The first-order valence-electron chi connectivity index (χ1n) is 5.97. The maximum absolute atomic E-state index is 11.0. The zero-order valence-corrected chi connectivity index (χ0v) is 11.8. The minimum atomic E-state index is -0.0518. The standard InChI is InChI=1S/C13H16N4OS/c1-9-5-16-11(7-15-9)6-14-8-13-12(3-4-19-13)17-10(2)18/h3-5,7,14H,6,8H2,1-2H3,(H,17,18). The van der Waals surface area contributed by atoms with Gasteiger partial charge in [0.2, 0.25) is 5.91 Å². The molecule has 1 amide bonds. The molecule has 0 fully saturated rings. The third-order valence-corrected chi connectivity index (χ3v) is 3.40. The van der Waals surface area contributed by atoms with E-state index in [1.54, 1.807) is 23.7 Å². The van der Waals surface area contributed by atoms with E-state index >= 15 is 0 Å². The second-order valence-electron chi connectivity index (χ2n) is 4.19. The summed E-state index contributed by atoms with van der Waals surface area (Å²) in [5, 5.41) is 8.07. The Morgan fingerprint density at radius 2 is 2.16 bits per heavy atom. The molecule has 0 aliphatic heterocycles. The fraction of sp³-hybridized carbons (Fsp3) is 0.308. The van der Waals surface area contributed by atoms with Crippen LogP contribution in [0.2, 0.25) is 0 Å². The van der Waals surface area contributed by atoms with Crippen LogP contribution in [0.15, 0.2) is 23.8 Å². The molecule has 6 heteroatoms. The van der Waals surface area contributed by atoms with Gasteiger partial charge in [0.15, 0.2) is 0 Å². The number of aromatic nitrogens is 2. The lowest BCUT2D eigenvalue weighted by Crippen LogP contribution is -2.15. The average Bonchev–Trinajstić information content (AvgIpc) is 2.78. The van der Waals surface area contributed by atoms with Crippen LogP contribution in [0.25, 0.3) is 0 Å². The SMILES string of the molecule is CC(=O)Nc1ccsc1CNCc1cnc(C)cn1. The number of thiophene rings is 1. The van der Waals surface area contributed by atoms with Gasteiger partial charge in [0.1, 0.15) is 0 Å². The molecule has 0 aromatic carbocycles. The van der Waals surface area contributed by atoms with Crippen molar-refractivity contribution in [3.63, 3.8) is 0 Å². The highest BCUT2D eigenvalue weighted by molar-refractivity contribution is 7.10. The van der Waals surface area contributed by atoms with Crippen molar-refractivity contribution in [2.45, 2.75) is 26.9 Å². The van der Waals surface area contributed by atoms with E-state index in [0.29, 0.717) is 13.1 Å². The summed E-state index contributed by atoms with van der Waals surface area (Å²) >= 11 is 1.62. The van der Waals surface area contributed by atoms with Gasteiger partial charge in [-0.1, -0.05) is 0 Å². The van der Waals surface area contributed by atoms with Gasteiger partial charge in [-0.05, 0) is 18.4 Å². The van der Waals surface area contributed by atoms with E-state index in [0.717, 1.165) is 22.0 Å². The summed E-state index contributed by atoms with van der Waals surface area (Å²) in [4.78, 5) is 20.6. The molecule has 0 radical (unpaired) electrons. The van der Waals surface area contributed by atoms with E-state index < -0.39 is 0 Å². The van der Waals surface area contributed by atoms with E-state index in [1.165, 1.54) is 6.92 Å². The quantitative estimate of drug-likeness (QED) is 0.877. The summed E-state index contributed by atoms with van der Waals surface area (Å²) in [6, 6.07) is 1.91. The minimum Gasteiger partial charge on any atom is -0.325 e. The number of rotatable bonds is 5. The summed E-state index contributed by atoms with van der Waals surface area (Å²) in [7, 11) is 0. The van der Waals surface area contributed by atoms with Crippen molar-refractivity contribution in [1.82, 2.24) is 15.3 Å². The Bertz CT molecular complexity index is 550. The van der Waals surface area contributed by atoms with Crippen LogP contribution in [0.4, 0.5) is 5.69 Å². The Balaban J connectivity index is 1.87. The largest absolute Gasteiger partial charge is 0.325 e. The number of hydrogen-bond acceptors (Lipinski definition) is 5. The van der Waals surface area contributed by atoms with Gasteiger partial charge in [0.25, 0.3) is 0 Å². The molecule has 0 bridgehead atoms. The molecule has 0 unspecified atom stereocenters. The lowest BCUT2D eigenvalue weighted by Gasteiger charge is -2.06. The van der Waals surface area contributed by atoms with Crippen molar-refractivity contribution in [2.24, 2.45) is 0 Å². The fourth-order valence-electron chi connectivity index (χ4n) is 1.59. The Morgan fingerprint density at radius 1 is 1.32 bits per heavy atom. The number of nitrogens with zero attached hydrogens (tertiary/aromatic N) is 2. The van der Waals surface area contributed by atoms with Crippen molar-refractivity contribution >= 4 is 22.9 Å². The Morgan fingerprint density at radius 3 is 2.84 bits per heavy atom. The summed E-state index contributed by atoms with van der Waals surface area (Å²) < 4.78 is 0. The molecular formula is C13H16N4OS. The average molecular weight is 276 g/mol. The monoisotopic (exact) mass is 276 g/mol. The lowest BCUT2D eigenvalue weighted by atomic mass is 10.3. The predicted octanol–water partition coefficient (Wildman–Crippen LogP) is 2.09. The number of amides is 1. The number of nitrogens with one attached hydrogen (secondary N) is 2. The normalized spacial score (nSPS) is 10.4. The van der Waals surface area contributed by atoms with Gasteiger partial charge in [-0.25, -0.2) is 0 Å². The van der Waals surface area contributed by atoms with Gasteiger partial charge in [0.05, 0.1) is 17.1 Å². The summed E-state index contributed by atoms with van der Waals surface area (Å²) in [6.07, 6.45) is 3.52. The van der Waals surface area contributed by atoms with Gasteiger partial charge in [-0.3, -0.25) is 14.8 Å². The first kappa shape index (κ1) is 13.6. The molecule has 0 spiro atoms. The second kappa shape index (κ2) is 6.40. The van der Waals surface area contributed by atoms with Crippen molar-refractivity contribution in [2.75, 3.05) is 5.32 Å². The third-order valence-electron chi connectivity index (χ3n) is 2.48. The van der Waals surface area contributed by atoms with Crippen LogP contribution in [0, 0.1) is 6.92 Å². The van der Waals surface area contributed by atoms with Crippen molar-refractivity contribution in [1.29, 1.82) is 0 Å². The topological polar surface area (TPSA) is 66.9 Å². The minimum absolute atomic E-state index is 0.0518. The van der Waals surface area contributed by atoms with Gasteiger partial charge >= 0.3 is 0 Å². The number of anilines is 1. The van der Waals surface area contributed by atoms with Crippen LogP contribution in [-0.2, 0) is 17.9 Å². The van der Waals surface area contributed by atoms with E-state index in [-0.39, 0.29) is 5.91 Å². The summed E-state index contributed by atoms with van der Waals surface area (Å²) in [6.45, 7) is 4.78. The van der Waals surface area contributed by atoms with Crippen LogP contribution in [0.3, 0.4) is 0 Å². The third kappa shape index (κ3) is 4.11. The molecule has 0 saturated heterocycles. The van der Waals surface area contributed by atoms with Gasteiger partial charge in [-0.15, -0.1) is 11.3 Å². The Labute approximate surface area is 116 Å². The molecule has 0 aliphatic carbocycles. The van der Waals surface area contributed by atoms with Crippen LogP contribution in [0.1, 0.15) is 23.2 Å². The highest BCUT2D eigenvalue weighted by Gasteiger charge is 2.05. The van der Waals surface area contributed by atoms with Crippen LogP contribution in [-0.4, -0.2) is 15.9 Å². The molecule has 0 saturated carbocycles. The van der Waals surface area contributed by atoms with Gasteiger partial charge in [0, 0.05) is 37.3 Å². The number of aryl methyl sites for hydroxylation is 1. The number of carbonyl (C=O) groups is 1. The second-order valence-corrected chi connectivity index (χ2v) is 5.19. The van der Waals surface area contributed by atoms with E-state index in [9.17, 15) is 4.79 Å². The Kier molecular flexibility index (Phi) is 4.59. The van der Waals surface area contributed by atoms with Gasteiger partial charge in [-0.2, -0.15) is 0 Å². The molecule has 100 valence electrons. The molecule has 2 N–H and O–H groups in total. The first-order chi connectivity index (χ1) is 9.15. The fourth-order valence-corrected chi connectivity index (χ4v) is 2.39. The highest BCUT2D eigenvalue weighted by Crippen LogP contribution is 2.21. The van der Waals surface area contributed by atoms with E-state index in [4.69, 9.17) is 0 Å². The molecule has 0 aliphatic rings. The highest BCUT2D eigenvalue weighted by atomic mass is 32.1. The van der Waals surface area contributed by atoms with Crippen molar-refractivity contribution < 1.29 is 4.79 Å². The summed E-state index contributed by atoms with van der Waals surface area (Å²) in [5.74, 6) is -0.0518. The molecular weight excluding hydrogens is 260 g/mol. The zero-order valence-electron chi connectivity index (χ0n) is 10.9. The molecule has 0 atom stereocenters. The predicted molar refractivity (Wildman–Crippen MR) is 75.9 cm³/mol.